The summed E-state index contributed by atoms with van der Waals surface area (Å²) in [6, 6.07) is 18.4. The van der Waals surface area contributed by atoms with E-state index in [2.05, 4.69) is 9.97 Å². The molecule has 4 aromatic rings. The van der Waals surface area contributed by atoms with Gasteiger partial charge in [-0.2, -0.15) is 0 Å². The molecule has 2 aromatic carbocycles. The molecular formula is C18H12FN3. The Balaban J connectivity index is 1.87. The number of hydrogen-bond acceptors (Lipinski definition) is 2. The van der Waals surface area contributed by atoms with Crippen molar-refractivity contribution in [3.8, 4) is 16.9 Å². The standard InChI is InChI=1S/C18H12FN3/c19-14-7-8-17-18(11-14)22(12-21-17)15-5-3-4-13(10-15)16-6-1-2-9-20-16/h1-12H. The van der Waals surface area contributed by atoms with E-state index in [1.165, 1.54) is 12.1 Å². The van der Waals surface area contributed by atoms with Gasteiger partial charge in [-0.15, -0.1) is 0 Å². The largest absolute Gasteiger partial charge is 0.299 e. The number of pyridine rings is 1. The molecule has 106 valence electrons. The Bertz CT molecular complexity index is 945. The average Bonchev–Trinajstić information content (AvgIpc) is 2.99. The van der Waals surface area contributed by atoms with Crippen LogP contribution in [-0.4, -0.2) is 14.5 Å². The number of halogens is 1. The van der Waals surface area contributed by atoms with Gasteiger partial charge in [-0.1, -0.05) is 18.2 Å². The van der Waals surface area contributed by atoms with E-state index in [0.717, 1.165) is 28.0 Å². The zero-order chi connectivity index (χ0) is 14.9. The summed E-state index contributed by atoms with van der Waals surface area (Å²) in [6.45, 7) is 0. The lowest BCUT2D eigenvalue weighted by Gasteiger charge is -2.07. The molecule has 0 amide bonds. The third kappa shape index (κ3) is 2.15. The molecule has 0 bridgehead atoms. The minimum atomic E-state index is -0.268. The number of nitrogens with zero attached hydrogens (tertiary/aromatic N) is 3. The van der Waals surface area contributed by atoms with Crippen molar-refractivity contribution in [2.24, 2.45) is 0 Å². The Morgan fingerprint density at radius 3 is 2.68 bits per heavy atom. The molecular weight excluding hydrogens is 277 g/mol. The Hall–Kier alpha value is -3.01. The van der Waals surface area contributed by atoms with Crippen molar-refractivity contribution in [1.82, 2.24) is 14.5 Å². The quantitative estimate of drug-likeness (QED) is 0.553. The highest BCUT2D eigenvalue weighted by Gasteiger charge is 2.07. The highest BCUT2D eigenvalue weighted by atomic mass is 19.1. The molecule has 2 heterocycles. The van der Waals surface area contributed by atoms with E-state index in [4.69, 9.17) is 0 Å². The van der Waals surface area contributed by atoms with E-state index in [1.54, 1.807) is 18.6 Å². The minimum absolute atomic E-state index is 0.268. The lowest BCUT2D eigenvalue weighted by molar-refractivity contribution is 0.629. The van der Waals surface area contributed by atoms with Crippen molar-refractivity contribution in [3.05, 3.63) is 79.0 Å². The van der Waals surface area contributed by atoms with Gasteiger partial charge in [0.1, 0.15) is 12.1 Å². The van der Waals surface area contributed by atoms with Crippen molar-refractivity contribution < 1.29 is 4.39 Å². The summed E-state index contributed by atoms with van der Waals surface area (Å²) in [7, 11) is 0. The number of hydrogen-bond donors (Lipinski definition) is 0. The second kappa shape index (κ2) is 5.07. The molecule has 0 atom stereocenters. The number of benzene rings is 2. The van der Waals surface area contributed by atoms with Gasteiger partial charge < -0.3 is 0 Å². The zero-order valence-corrected chi connectivity index (χ0v) is 11.6. The molecule has 2 aromatic heterocycles. The van der Waals surface area contributed by atoms with Crippen LogP contribution in [0.15, 0.2) is 73.2 Å². The van der Waals surface area contributed by atoms with Crippen molar-refractivity contribution in [2.45, 2.75) is 0 Å². The summed E-state index contributed by atoms with van der Waals surface area (Å²) in [4.78, 5) is 8.68. The molecule has 0 fully saturated rings. The highest BCUT2D eigenvalue weighted by Crippen LogP contribution is 2.23. The van der Waals surface area contributed by atoms with Crippen molar-refractivity contribution in [1.29, 1.82) is 0 Å². The smallest absolute Gasteiger partial charge is 0.125 e. The van der Waals surface area contributed by atoms with Crippen LogP contribution < -0.4 is 0 Å². The summed E-state index contributed by atoms with van der Waals surface area (Å²) >= 11 is 0. The van der Waals surface area contributed by atoms with Crippen LogP contribution in [0.25, 0.3) is 28.0 Å². The van der Waals surface area contributed by atoms with Gasteiger partial charge >= 0.3 is 0 Å². The maximum atomic E-state index is 13.5. The first-order chi connectivity index (χ1) is 10.8. The van der Waals surface area contributed by atoms with Crippen molar-refractivity contribution >= 4 is 11.0 Å². The van der Waals surface area contributed by atoms with E-state index in [-0.39, 0.29) is 5.82 Å². The monoisotopic (exact) mass is 289 g/mol. The van der Waals surface area contributed by atoms with Gasteiger partial charge in [0, 0.05) is 23.5 Å². The summed E-state index contributed by atoms with van der Waals surface area (Å²) in [5, 5.41) is 0. The van der Waals surface area contributed by atoms with E-state index in [9.17, 15) is 4.39 Å². The van der Waals surface area contributed by atoms with Crippen molar-refractivity contribution in [3.63, 3.8) is 0 Å². The van der Waals surface area contributed by atoms with Gasteiger partial charge in [-0.05, 0) is 36.4 Å². The molecule has 22 heavy (non-hydrogen) atoms. The predicted octanol–water partition coefficient (Wildman–Crippen LogP) is 4.23. The van der Waals surface area contributed by atoms with Gasteiger partial charge in [0.2, 0.25) is 0 Å². The summed E-state index contributed by atoms with van der Waals surface area (Å²) in [5.74, 6) is -0.268. The summed E-state index contributed by atoms with van der Waals surface area (Å²) in [5.41, 5.74) is 4.36. The van der Waals surface area contributed by atoms with E-state index < -0.39 is 0 Å². The summed E-state index contributed by atoms with van der Waals surface area (Å²) in [6.07, 6.45) is 3.48. The van der Waals surface area contributed by atoms with Crippen LogP contribution in [0.1, 0.15) is 0 Å². The Kier molecular flexibility index (Phi) is 2.93. The maximum absolute atomic E-state index is 13.5. The summed E-state index contributed by atoms with van der Waals surface area (Å²) < 4.78 is 15.4. The van der Waals surface area contributed by atoms with Gasteiger partial charge in [0.05, 0.1) is 16.7 Å². The third-order valence-electron chi connectivity index (χ3n) is 3.59. The van der Waals surface area contributed by atoms with Crippen LogP contribution >= 0.6 is 0 Å². The van der Waals surface area contributed by atoms with Crippen LogP contribution in [0.2, 0.25) is 0 Å². The topological polar surface area (TPSA) is 30.7 Å². The minimum Gasteiger partial charge on any atom is -0.299 e. The molecule has 0 radical (unpaired) electrons. The molecule has 3 nitrogen and oxygen atoms in total. The lowest BCUT2D eigenvalue weighted by Crippen LogP contribution is -1.93. The molecule has 0 aliphatic carbocycles. The van der Waals surface area contributed by atoms with Gasteiger partial charge in [0.25, 0.3) is 0 Å². The fraction of sp³-hybridized carbons (Fsp3) is 0. The number of aromatic nitrogens is 3. The van der Waals surface area contributed by atoms with E-state index in [1.807, 2.05) is 47.0 Å². The number of imidazole rings is 1. The number of rotatable bonds is 2. The van der Waals surface area contributed by atoms with E-state index in [0.29, 0.717) is 0 Å². The van der Waals surface area contributed by atoms with Crippen LogP contribution in [0, 0.1) is 5.82 Å². The normalized spacial score (nSPS) is 11.0. The molecule has 0 saturated heterocycles. The first-order valence-electron chi connectivity index (χ1n) is 6.96. The third-order valence-corrected chi connectivity index (χ3v) is 3.59. The zero-order valence-electron chi connectivity index (χ0n) is 11.6. The van der Waals surface area contributed by atoms with Crippen LogP contribution in [0.3, 0.4) is 0 Å². The SMILES string of the molecule is Fc1ccc2ncn(-c3cccc(-c4ccccn4)c3)c2c1. The molecule has 0 aliphatic rings. The van der Waals surface area contributed by atoms with Crippen molar-refractivity contribution in [2.75, 3.05) is 0 Å². The first kappa shape index (κ1) is 12.7. The second-order valence-corrected chi connectivity index (χ2v) is 5.01. The Labute approximate surface area is 126 Å². The molecule has 0 unspecified atom stereocenters. The Morgan fingerprint density at radius 1 is 0.864 bits per heavy atom. The average molecular weight is 289 g/mol. The number of fused-ring (bicyclic) bond motifs is 1. The second-order valence-electron chi connectivity index (χ2n) is 5.01. The highest BCUT2D eigenvalue weighted by molar-refractivity contribution is 5.78. The Morgan fingerprint density at radius 2 is 1.82 bits per heavy atom. The lowest BCUT2D eigenvalue weighted by atomic mass is 10.1. The van der Waals surface area contributed by atoms with Crippen LogP contribution in [0.4, 0.5) is 4.39 Å². The molecule has 0 spiro atoms. The van der Waals surface area contributed by atoms with Crippen LogP contribution in [0.5, 0.6) is 0 Å². The van der Waals surface area contributed by atoms with Crippen LogP contribution in [-0.2, 0) is 0 Å². The van der Waals surface area contributed by atoms with Gasteiger partial charge in [0.15, 0.2) is 0 Å². The fourth-order valence-electron chi connectivity index (χ4n) is 2.54. The predicted molar refractivity (Wildman–Crippen MR) is 84.3 cm³/mol. The van der Waals surface area contributed by atoms with Gasteiger partial charge in [-0.25, -0.2) is 9.37 Å². The molecule has 4 heteroatoms. The molecule has 0 saturated carbocycles. The fourth-order valence-corrected chi connectivity index (χ4v) is 2.54. The maximum Gasteiger partial charge on any atom is 0.125 e. The molecule has 4 rings (SSSR count). The van der Waals surface area contributed by atoms with Gasteiger partial charge in [-0.3, -0.25) is 9.55 Å². The van der Waals surface area contributed by atoms with E-state index >= 15 is 0 Å². The molecule has 0 aliphatic heterocycles. The molecule has 0 N–H and O–H groups in total. The first-order valence-corrected chi connectivity index (χ1v) is 6.96.